The van der Waals surface area contributed by atoms with Crippen molar-refractivity contribution in [1.29, 1.82) is 5.26 Å². The van der Waals surface area contributed by atoms with Crippen LogP contribution in [0.4, 0.5) is 0 Å². The Bertz CT molecular complexity index is 336. The lowest BCUT2D eigenvalue weighted by atomic mass is 10.4. The van der Waals surface area contributed by atoms with Gasteiger partial charge in [0.25, 0.3) is 0 Å². The highest BCUT2D eigenvalue weighted by Gasteiger charge is 2.19. The summed E-state index contributed by atoms with van der Waals surface area (Å²) < 4.78 is 0. The van der Waals surface area contributed by atoms with Gasteiger partial charge in [0.15, 0.2) is 0 Å². The highest BCUT2D eigenvalue weighted by atomic mass is 32.2. The first-order valence-corrected chi connectivity index (χ1v) is 7.49. The molecule has 0 bridgehead atoms. The van der Waals surface area contributed by atoms with E-state index in [0.29, 0.717) is 11.7 Å². The van der Waals surface area contributed by atoms with Crippen molar-refractivity contribution >= 4 is 34.9 Å². The monoisotopic (exact) mass is 242 g/mol. The fourth-order valence-electron chi connectivity index (χ4n) is 1.26. The van der Waals surface area contributed by atoms with E-state index >= 15 is 0 Å². The molecule has 1 aliphatic rings. The minimum atomic E-state index is 0.445. The van der Waals surface area contributed by atoms with Crippen molar-refractivity contribution in [3.8, 4) is 6.07 Å². The molecule has 0 radical (unpaired) electrons. The number of thioether (sulfide) groups is 2. The molecule has 1 aliphatic heterocycles. The van der Waals surface area contributed by atoms with Gasteiger partial charge in [-0.3, -0.25) is 0 Å². The van der Waals surface area contributed by atoms with Crippen LogP contribution in [0.2, 0.25) is 0 Å². The molecule has 2 nitrogen and oxygen atoms in total. The third kappa shape index (κ3) is 2.44. The van der Waals surface area contributed by atoms with E-state index in [4.69, 9.17) is 5.26 Å². The SMILES string of the molecule is N#CCc1csc(C2CSCCS2)n1. The van der Waals surface area contributed by atoms with Crippen molar-refractivity contribution in [3.63, 3.8) is 0 Å². The maximum absolute atomic E-state index is 8.54. The molecule has 1 aromatic heterocycles. The molecule has 74 valence electrons. The second-order valence-electron chi connectivity index (χ2n) is 2.95. The van der Waals surface area contributed by atoms with Crippen molar-refractivity contribution in [1.82, 2.24) is 4.98 Å². The van der Waals surface area contributed by atoms with Gasteiger partial charge in [-0.1, -0.05) is 0 Å². The van der Waals surface area contributed by atoms with Crippen molar-refractivity contribution in [2.24, 2.45) is 0 Å². The summed E-state index contributed by atoms with van der Waals surface area (Å²) in [7, 11) is 0. The van der Waals surface area contributed by atoms with Crippen LogP contribution in [-0.2, 0) is 6.42 Å². The molecule has 1 atom stereocenters. The zero-order valence-electron chi connectivity index (χ0n) is 7.60. The molecule has 0 saturated carbocycles. The van der Waals surface area contributed by atoms with E-state index in [1.54, 1.807) is 11.3 Å². The first kappa shape index (κ1) is 10.3. The Kier molecular flexibility index (Phi) is 3.74. The topological polar surface area (TPSA) is 36.7 Å². The average Bonchev–Trinajstić information content (AvgIpc) is 2.68. The summed E-state index contributed by atoms with van der Waals surface area (Å²) in [6, 6.07) is 2.13. The predicted molar refractivity (Wildman–Crippen MR) is 64.0 cm³/mol. The van der Waals surface area contributed by atoms with Crippen molar-refractivity contribution in [2.45, 2.75) is 11.7 Å². The predicted octanol–water partition coefficient (Wildman–Crippen LogP) is 2.73. The van der Waals surface area contributed by atoms with Crippen LogP contribution in [0.3, 0.4) is 0 Å². The largest absolute Gasteiger partial charge is 0.244 e. The maximum atomic E-state index is 8.54. The number of nitriles is 1. The summed E-state index contributed by atoms with van der Waals surface area (Å²) >= 11 is 5.69. The molecule has 1 saturated heterocycles. The number of hydrogen-bond donors (Lipinski definition) is 0. The highest BCUT2D eigenvalue weighted by Crippen LogP contribution is 2.37. The highest BCUT2D eigenvalue weighted by molar-refractivity contribution is 8.06. The van der Waals surface area contributed by atoms with Gasteiger partial charge in [0.1, 0.15) is 5.01 Å². The molecule has 0 N–H and O–H groups in total. The zero-order chi connectivity index (χ0) is 9.80. The molecule has 5 heteroatoms. The molecule has 0 aliphatic carbocycles. The maximum Gasteiger partial charge on any atom is 0.107 e. The van der Waals surface area contributed by atoms with Gasteiger partial charge in [0, 0.05) is 22.6 Å². The molecular formula is C9H10N2S3. The Morgan fingerprint density at radius 1 is 1.57 bits per heavy atom. The van der Waals surface area contributed by atoms with Crippen molar-refractivity contribution in [3.05, 3.63) is 16.1 Å². The van der Waals surface area contributed by atoms with Crippen LogP contribution < -0.4 is 0 Å². The zero-order valence-corrected chi connectivity index (χ0v) is 10.1. The standard InChI is InChI=1S/C9H10N2S3/c10-2-1-7-5-14-9(11-7)8-6-12-3-4-13-8/h5,8H,1,3-4,6H2. The summed E-state index contributed by atoms with van der Waals surface area (Å²) in [5.74, 6) is 3.66. The molecule has 2 heterocycles. The number of nitrogens with zero attached hydrogens (tertiary/aromatic N) is 2. The van der Waals surface area contributed by atoms with Crippen LogP contribution in [0, 0.1) is 11.3 Å². The van der Waals surface area contributed by atoms with Crippen LogP contribution >= 0.6 is 34.9 Å². The molecular weight excluding hydrogens is 232 g/mol. The van der Waals surface area contributed by atoms with E-state index in [0.717, 1.165) is 5.69 Å². The molecule has 0 amide bonds. The first-order valence-electron chi connectivity index (χ1n) is 4.41. The lowest BCUT2D eigenvalue weighted by Crippen LogP contribution is -2.06. The first-order chi connectivity index (χ1) is 6.90. The van der Waals surface area contributed by atoms with Gasteiger partial charge in [0.05, 0.1) is 23.4 Å². The molecule has 2 rings (SSSR count). The number of rotatable bonds is 2. The fourth-order valence-corrected chi connectivity index (χ4v) is 5.09. The van der Waals surface area contributed by atoms with Crippen molar-refractivity contribution in [2.75, 3.05) is 17.3 Å². The Morgan fingerprint density at radius 2 is 2.50 bits per heavy atom. The molecule has 1 fully saturated rings. The number of aromatic nitrogens is 1. The Labute approximate surface area is 96.1 Å². The third-order valence-electron chi connectivity index (χ3n) is 1.92. The average molecular weight is 242 g/mol. The Morgan fingerprint density at radius 3 is 3.21 bits per heavy atom. The van der Waals surface area contributed by atoms with E-state index in [2.05, 4.69) is 11.1 Å². The molecule has 0 aromatic carbocycles. The van der Waals surface area contributed by atoms with Gasteiger partial charge in [-0.05, 0) is 0 Å². The van der Waals surface area contributed by atoms with E-state index in [1.807, 2.05) is 28.9 Å². The lowest BCUT2D eigenvalue weighted by Gasteiger charge is -2.18. The Hall–Kier alpha value is -0.180. The van der Waals surface area contributed by atoms with Crippen molar-refractivity contribution < 1.29 is 0 Å². The molecule has 14 heavy (non-hydrogen) atoms. The van der Waals surface area contributed by atoms with E-state index in [-0.39, 0.29) is 0 Å². The van der Waals surface area contributed by atoms with Gasteiger partial charge in [-0.2, -0.15) is 17.0 Å². The van der Waals surface area contributed by atoms with E-state index in [1.165, 1.54) is 22.3 Å². The lowest BCUT2D eigenvalue weighted by molar-refractivity contribution is 1.02. The van der Waals surface area contributed by atoms with Gasteiger partial charge in [0.2, 0.25) is 0 Å². The minimum Gasteiger partial charge on any atom is -0.244 e. The van der Waals surface area contributed by atoms with Gasteiger partial charge >= 0.3 is 0 Å². The van der Waals surface area contributed by atoms with Gasteiger partial charge in [-0.15, -0.1) is 23.1 Å². The molecule has 1 aromatic rings. The van der Waals surface area contributed by atoms with Gasteiger partial charge in [-0.25, -0.2) is 4.98 Å². The normalized spacial score (nSPS) is 21.8. The van der Waals surface area contributed by atoms with Crippen LogP contribution in [-0.4, -0.2) is 22.2 Å². The summed E-state index contributed by atoms with van der Waals surface area (Å²) in [6.45, 7) is 0. The molecule has 1 unspecified atom stereocenters. The fraction of sp³-hybridized carbons (Fsp3) is 0.556. The summed E-state index contributed by atoms with van der Waals surface area (Å²) in [6.07, 6.45) is 0.445. The second kappa shape index (κ2) is 5.06. The smallest absolute Gasteiger partial charge is 0.107 e. The van der Waals surface area contributed by atoms with Crippen LogP contribution in [0.15, 0.2) is 5.38 Å². The van der Waals surface area contributed by atoms with Gasteiger partial charge < -0.3 is 0 Å². The summed E-state index contributed by atoms with van der Waals surface area (Å²) in [5, 5.41) is 12.3. The Balaban J connectivity index is 2.04. The van der Waals surface area contributed by atoms with Crippen LogP contribution in [0.25, 0.3) is 0 Å². The second-order valence-corrected chi connectivity index (χ2v) is 6.30. The van der Waals surface area contributed by atoms with Crippen LogP contribution in [0.1, 0.15) is 16.0 Å². The third-order valence-corrected chi connectivity index (χ3v) is 5.84. The summed E-state index contributed by atoms with van der Waals surface area (Å²) in [5.41, 5.74) is 0.934. The number of hydrogen-bond acceptors (Lipinski definition) is 5. The molecule has 0 spiro atoms. The van der Waals surface area contributed by atoms with Crippen LogP contribution in [0.5, 0.6) is 0 Å². The van der Waals surface area contributed by atoms with E-state index < -0.39 is 0 Å². The minimum absolute atomic E-state index is 0.445. The quantitative estimate of drug-likeness (QED) is 0.799. The summed E-state index contributed by atoms with van der Waals surface area (Å²) in [4.78, 5) is 4.49. The van der Waals surface area contributed by atoms with E-state index in [9.17, 15) is 0 Å². The number of thiazole rings is 1.